The summed E-state index contributed by atoms with van der Waals surface area (Å²) in [4.78, 5) is 18.9. The standard InChI is InChI=1S/C21H29N5O2/c1-15-6-7-19(16(2)13-15)26-22-17(3)20(23-26)21(27)25-10-8-24(9-11-25)14-18-5-4-12-28-18/h6-7,13,18H,4-5,8-12,14H2,1-3H3/t18-/m1/s1. The van der Waals surface area contributed by atoms with E-state index in [0.29, 0.717) is 17.5 Å². The predicted octanol–water partition coefficient (Wildman–Crippen LogP) is 2.13. The number of benzene rings is 1. The molecule has 2 saturated heterocycles. The number of piperazine rings is 1. The lowest BCUT2D eigenvalue weighted by Gasteiger charge is -2.35. The van der Waals surface area contributed by atoms with Crippen molar-refractivity contribution in [3.05, 3.63) is 40.7 Å². The van der Waals surface area contributed by atoms with Crippen LogP contribution >= 0.6 is 0 Å². The highest BCUT2D eigenvalue weighted by molar-refractivity contribution is 5.93. The Bertz CT molecular complexity index is 848. The SMILES string of the molecule is Cc1ccc(-n2nc(C)c(C(=O)N3CCN(C[C@H]4CCCO4)CC3)n2)c(C)c1. The number of hydrogen-bond acceptors (Lipinski definition) is 5. The Balaban J connectivity index is 1.42. The average Bonchev–Trinajstić information content (AvgIpc) is 3.31. The first kappa shape index (κ1) is 19.1. The van der Waals surface area contributed by atoms with Gasteiger partial charge in [-0.2, -0.15) is 9.90 Å². The first-order valence-corrected chi connectivity index (χ1v) is 10.2. The summed E-state index contributed by atoms with van der Waals surface area (Å²) in [6.45, 7) is 11.0. The Hall–Kier alpha value is -2.25. The molecule has 1 atom stereocenters. The number of aryl methyl sites for hydroxylation is 3. The van der Waals surface area contributed by atoms with E-state index < -0.39 is 0 Å². The van der Waals surface area contributed by atoms with Crippen molar-refractivity contribution in [3.8, 4) is 5.69 Å². The molecule has 2 aromatic rings. The van der Waals surface area contributed by atoms with Crippen LogP contribution in [0, 0.1) is 20.8 Å². The third kappa shape index (κ3) is 3.95. The highest BCUT2D eigenvalue weighted by Gasteiger charge is 2.28. The van der Waals surface area contributed by atoms with Crippen molar-refractivity contribution in [1.29, 1.82) is 0 Å². The van der Waals surface area contributed by atoms with E-state index in [-0.39, 0.29) is 5.91 Å². The molecule has 2 aliphatic rings. The van der Waals surface area contributed by atoms with Crippen molar-refractivity contribution < 1.29 is 9.53 Å². The molecule has 0 radical (unpaired) electrons. The van der Waals surface area contributed by atoms with Crippen LogP contribution in [0.4, 0.5) is 0 Å². The van der Waals surface area contributed by atoms with Gasteiger partial charge in [0.15, 0.2) is 5.69 Å². The summed E-state index contributed by atoms with van der Waals surface area (Å²) in [6, 6.07) is 6.14. The molecule has 2 fully saturated rings. The van der Waals surface area contributed by atoms with Crippen molar-refractivity contribution in [2.75, 3.05) is 39.3 Å². The molecule has 3 heterocycles. The summed E-state index contributed by atoms with van der Waals surface area (Å²) in [7, 11) is 0. The minimum atomic E-state index is -0.0229. The highest BCUT2D eigenvalue weighted by Crippen LogP contribution is 2.18. The third-order valence-electron chi connectivity index (χ3n) is 5.70. The number of rotatable bonds is 4. The fourth-order valence-electron chi connectivity index (χ4n) is 4.07. The van der Waals surface area contributed by atoms with Crippen LogP contribution in [-0.4, -0.2) is 76.1 Å². The van der Waals surface area contributed by atoms with Crippen molar-refractivity contribution in [2.24, 2.45) is 0 Å². The fourth-order valence-corrected chi connectivity index (χ4v) is 4.07. The van der Waals surface area contributed by atoms with Gasteiger partial charge in [-0.3, -0.25) is 9.69 Å². The molecule has 7 nitrogen and oxygen atoms in total. The number of carbonyl (C=O) groups excluding carboxylic acids is 1. The molecule has 0 spiro atoms. The minimum absolute atomic E-state index is 0.0229. The van der Waals surface area contributed by atoms with E-state index in [9.17, 15) is 4.79 Å². The molecule has 0 saturated carbocycles. The maximum Gasteiger partial charge on any atom is 0.276 e. The first-order valence-electron chi connectivity index (χ1n) is 10.2. The highest BCUT2D eigenvalue weighted by atomic mass is 16.5. The van der Waals surface area contributed by atoms with Crippen LogP contribution < -0.4 is 0 Å². The van der Waals surface area contributed by atoms with E-state index in [0.717, 1.165) is 57.0 Å². The molecule has 0 aliphatic carbocycles. The molecule has 28 heavy (non-hydrogen) atoms. The van der Waals surface area contributed by atoms with Gasteiger partial charge in [-0.05, 0) is 45.2 Å². The normalized spacial score (nSPS) is 20.7. The summed E-state index contributed by atoms with van der Waals surface area (Å²) in [6.07, 6.45) is 2.68. The van der Waals surface area contributed by atoms with Crippen LogP contribution in [0.25, 0.3) is 5.69 Å². The molecule has 150 valence electrons. The summed E-state index contributed by atoms with van der Waals surface area (Å²) >= 11 is 0. The number of nitrogens with zero attached hydrogens (tertiary/aromatic N) is 5. The van der Waals surface area contributed by atoms with Crippen LogP contribution in [-0.2, 0) is 4.74 Å². The van der Waals surface area contributed by atoms with E-state index in [2.05, 4.69) is 28.1 Å². The smallest absolute Gasteiger partial charge is 0.276 e. The van der Waals surface area contributed by atoms with Crippen LogP contribution in [0.5, 0.6) is 0 Å². The molecule has 1 aromatic carbocycles. The first-order chi connectivity index (χ1) is 13.5. The Morgan fingerprint density at radius 2 is 1.93 bits per heavy atom. The van der Waals surface area contributed by atoms with Crippen molar-refractivity contribution in [1.82, 2.24) is 24.8 Å². The van der Waals surface area contributed by atoms with Gasteiger partial charge in [0.2, 0.25) is 0 Å². The lowest BCUT2D eigenvalue weighted by molar-refractivity contribution is 0.0429. The summed E-state index contributed by atoms with van der Waals surface area (Å²) < 4.78 is 5.73. The zero-order valence-electron chi connectivity index (χ0n) is 17.0. The molecule has 0 unspecified atom stereocenters. The fraction of sp³-hybridized carbons (Fsp3) is 0.571. The van der Waals surface area contributed by atoms with E-state index in [4.69, 9.17) is 4.74 Å². The topological polar surface area (TPSA) is 63.5 Å². The van der Waals surface area contributed by atoms with E-state index in [1.165, 1.54) is 12.0 Å². The van der Waals surface area contributed by atoms with Crippen molar-refractivity contribution in [3.63, 3.8) is 0 Å². The molecule has 7 heteroatoms. The lowest BCUT2D eigenvalue weighted by atomic mass is 10.1. The Labute approximate surface area is 166 Å². The number of hydrogen-bond donors (Lipinski definition) is 0. The van der Waals surface area contributed by atoms with E-state index >= 15 is 0 Å². The van der Waals surface area contributed by atoms with Gasteiger partial charge >= 0.3 is 0 Å². The quantitative estimate of drug-likeness (QED) is 0.809. The van der Waals surface area contributed by atoms with Gasteiger partial charge in [-0.25, -0.2) is 0 Å². The molecule has 4 rings (SSSR count). The lowest BCUT2D eigenvalue weighted by Crippen LogP contribution is -2.50. The monoisotopic (exact) mass is 383 g/mol. The second-order valence-electron chi connectivity index (χ2n) is 7.94. The molecule has 1 amide bonds. The minimum Gasteiger partial charge on any atom is -0.377 e. The van der Waals surface area contributed by atoms with Gasteiger partial charge < -0.3 is 9.64 Å². The van der Waals surface area contributed by atoms with E-state index in [1.54, 1.807) is 4.80 Å². The van der Waals surface area contributed by atoms with Crippen molar-refractivity contribution in [2.45, 2.75) is 39.7 Å². The maximum absolute atomic E-state index is 13.0. The number of carbonyl (C=O) groups is 1. The van der Waals surface area contributed by atoms with Crippen LogP contribution in [0.15, 0.2) is 18.2 Å². The van der Waals surface area contributed by atoms with Gasteiger partial charge in [0.25, 0.3) is 5.91 Å². The van der Waals surface area contributed by atoms with Gasteiger partial charge in [-0.1, -0.05) is 17.7 Å². The predicted molar refractivity (Wildman–Crippen MR) is 107 cm³/mol. The third-order valence-corrected chi connectivity index (χ3v) is 5.70. The van der Waals surface area contributed by atoms with Crippen LogP contribution in [0.2, 0.25) is 0 Å². The zero-order valence-corrected chi connectivity index (χ0v) is 17.0. The number of amides is 1. The van der Waals surface area contributed by atoms with Gasteiger partial charge in [0, 0.05) is 39.3 Å². The van der Waals surface area contributed by atoms with E-state index in [1.807, 2.05) is 30.9 Å². The van der Waals surface area contributed by atoms with Crippen LogP contribution in [0.3, 0.4) is 0 Å². The van der Waals surface area contributed by atoms with Crippen molar-refractivity contribution >= 4 is 5.91 Å². The molecule has 2 aliphatic heterocycles. The molecular weight excluding hydrogens is 354 g/mol. The summed E-state index contributed by atoms with van der Waals surface area (Å²) in [5, 5.41) is 9.03. The summed E-state index contributed by atoms with van der Waals surface area (Å²) in [5.74, 6) is -0.0229. The second-order valence-corrected chi connectivity index (χ2v) is 7.94. The second kappa shape index (κ2) is 8.01. The molecular formula is C21H29N5O2. The largest absolute Gasteiger partial charge is 0.377 e. The van der Waals surface area contributed by atoms with Gasteiger partial charge in [0.05, 0.1) is 17.5 Å². The zero-order chi connectivity index (χ0) is 19.7. The van der Waals surface area contributed by atoms with Gasteiger partial charge in [0.1, 0.15) is 0 Å². The number of aromatic nitrogens is 3. The maximum atomic E-state index is 13.0. The van der Waals surface area contributed by atoms with Gasteiger partial charge in [-0.15, -0.1) is 5.10 Å². The summed E-state index contributed by atoms with van der Waals surface area (Å²) in [5.41, 5.74) is 4.33. The Kier molecular flexibility index (Phi) is 5.46. The molecule has 0 bridgehead atoms. The number of ether oxygens (including phenoxy) is 1. The molecule has 0 N–H and O–H groups in total. The molecule has 1 aromatic heterocycles. The average molecular weight is 383 g/mol. The Morgan fingerprint density at radius 3 is 2.61 bits per heavy atom. The van der Waals surface area contributed by atoms with Crippen LogP contribution in [0.1, 0.15) is 40.2 Å². The Morgan fingerprint density at radius 1 is 1.14 bits per heavy atom.